The summed E-state index contributed by atoms with van der Waals surface area (Å²) in [6.07, 6.45) is 5.47. The van der Waals surface area contributed by atoms with Crippen molar-refractivity contribution in [2.75, 3.05) is 18.4 Å². The number of hydrogen-bond donors (Lipinski definition) is 2. The van der Waals surface area contributed by atoms with Gasteiger partial charge >= 0.3 is 0 Å². The second-order valence-corrected chi connectivity index (χ2v) is 6.25. The Morgan fingerprint density at radius 1 is 1.17 bits per heavy atom. The van der Waals surface area contributed by atoms with E-state index in [1.54, 1.807) is 0 Å². The van der Waals surface area contributed by atoms with Gasteiger partial charge in [0.1, 0.15) is 0 Å². The molecule has 2 fully saturated rings. The van der Waals surface area contributed by atoms with Gasteiger partial charge in [0, 0.05) is 11.7 Å². The molecule has 3 rings (SSSR count). The van der Waals surface area contributed by atoms with Crippen molar-refractivity contribution < 1.29 is 0 Å². The summed E-state index contributed by atoms with van der Waals surface area (Å²) in [4.78, 5) is 0. The number of aryl methyl sites for hydroxylation is 1. The fourth-order valence-electron chi connectivity index (χ4n) is 3.58. The molecule has 1 heterocycles. The molecule has 1 aromatic carbocycles. The Morgan fingerprint density at radius 2 is 1.89 bits per heavy atom. The Balaban J connectivity index is 1.61. The molecule has 2 N–H and O–H groups in total. The second-order valence-electron chi connectivity index (χ2n) is 6.25. The zero-order chi connectivity index (χ0) is 12.6. The maximum Gasteiger partial charge on any atom is 0.0374 e. The summed E-state index contributed by atoms with van der Waals surface area (Å²) in [7, 11) is 0. The van der Waals surface area contributed by atoms with Crippen molar-refractivity contribution in [2.45, 2.75) is 45.6 Å². The van der Waals surface area contributed by atoms with Crippen LogP contribution >= 0.6 is 0 Å². The van der Waals surface area contributed by atoms with Crippen LogP contribution in [0.25, 0.3) is 0 Å². The molecular weight excluding hydrogens is 220 g/mol. The SMILES string of the molecule is Cc1cccc(NC2CC3(CCNCC3)C2)c1C. The van der Waals surface area contributed by atoms with Gasteiger partial charge in [-0.25, -0.2) is 0 Å². The molecule has 2 nitrogen and oxygen atoms in total. The van der Waals surface area contributed by atoms with E-state index >= 15 is 0 Å². The number of anilines is 1. The van der Waals surface area contributed by atoms with Gasteiger partial charge in [0.25, 0.3) is 0 Å². The van der Waals surface area contributed by atoms with Crippen molar-refractivity contribution in [2.24, 2.45) is 5.41 Å². The molecule has 1 spiro atoms. The van der Waals surface area contributed by atoms with Crippen LogP contribution in [0.15, 0.2) is 18.2 Å². The van der Waals surface area contributed by atoms with Crippen LogP contribution in [0.3, 0.4) is 0 Å². The lowest BCUT2D eigenvalue weighted by molar-refractivity contribution is 0.0718. The van der Waals surface area contributed by atoms with Gasteiger partial charge in [-0.05, 0) is 75.2 Å². The number of nitrogens with one attached hydrogen (secondary N) is 2. The van der Waals surface area contributed by atoms with Crippen molar-refractivity contribution >= 4 is 5.69 Å². The fourth-order valence-corrected chi connectivity index (χ4v) is 3.58. The Hall–Kier alpha value is -1.02. The normalized spacial score (nSPS) is 22.8. The molecule has 0 atom stereocenters. The molecule has 1 aromatic rings. The van der Waals surface area contributed by atoms with Crippen LogP contribution in [0.1, 0.15) is 36.8 Å². The molecule has 0 unspecified atom stereocenters. The van der Waals surface area contributed by atoms with Gasteiger partial charge in [0.2, 0.25) is 0 Å². The number of rotatable bonds is 2. The van der Waals surface area contributed by atoms with Crippen molar-refractivity contribution in [3.8, 4) is 0 Å². The Bertz CT molecular complexity index is 425. The summed E-state index contributed by atoms with van der Waals surface area (Å²) < 4.78 is 0. The van der Waals surface area contributed by atoms with Gasteiger partial charge < -0.3 is 10.6 Å². The quantitative estimate of drug-likeness (QED) is 0.834. The maximum absolute atomic E-state index is 3.74. The molecule has 0 amide bonds. The minimum atomic E-state index is 0.667. The van der Waals surface area contributed by atoms with Crippen LogP contribution in [0.2, 0.25) is 0 Å². The number of benzene rings is 1. The monoisotopic (exact) mass is 244 g/mol. The molecule has 1 saturated carbocycles. The van der Waals surface area contributed by atoms with E-state index in [-0.39, 0.29) is 0 Å². The molecule has 1 aliphatic heterocycles. The lowest BCUT2D eigenvalue weighted by Gasteiger charge is -2.51. The Kier molecular flexibility index (Phi) is 3.06. The minimum Gasteiger partial charge on any atom is -0.382 e. The number of piperidine rings is 1. The molecule has 2 heteroatoms. The van der Waals surface area contributed by atoms with E-state index in [4.69, 9.17) is 0 Å². The van der Waals surface area contributed by atoms with E-state index in [1.165, 1.54) is 55.6 Å². The van der Waals surface area contributed by atoms with Gasteiger partial charge in [-0.3, -0.25) is 0 Å². The Morgan fingerprint density at radius 3 is 2.61 bits per heavy atom. The van der Waals surface area contributed by atoms with E-state index in [0.717, 1.165) is 0 Å². The predicted molar refractivity (Wildman–Crippen MR) is 77.1 cm³/mol. The molecule has 18 heavy (non-hydrogen) atoms. The molecule has 1 aliphatic carbocycles. The topological polar surface area (TPSA) is 24.1 Å². The third-order valence-corrected chi connectivity index (χ3v) is 4.99. The first-order valence-electron chi connectivity index (χ1n) is 7.22. The third kappa shape index (κ3) is 2.14. The highest BCUT2D eigenvalue weighted by Crippen LogP contribution is 2.48. The zero-order valence-corrected chi connectivity index (χ0v) is 11.6. The molecular formula is C16H24N2. The smallest absolute Gasteiger partial charge is 0.0374 e. The summed E-state index contributed by atoms with van der Waals surface area (Å²) in [6, 6.07) is 7.26. The zero-order valence-electron chi connectivity index (χ0n) is 11.6. The highest BCUT2D eigenvalue weighted by Gasteiger charge is 2.44. The second kappa shape index (κ2) is 4.58. The van der Waals surface area contributed by atoms with E-state index < -0.39 is 0 Å². The van der Waals surface area contributed by atoms with Crippen molar-refractivity contribution in [1.29, 1.82) is 0 Å². The summed E-state index contributed by atoms with van der Waals surface area (Å²) in [6.45, 7) is 6.85. The standard InChI is InChI=1S/C16H24N2/c1-12-4-3-5-15(13(12)2)18-14-10-16(11-14)6-8-17-9-7-16/h3-5,14,17-18H,6-11H2,1-2H3. The summed E-state index contributed by atoms with van der Waals surface area (Å²) in [5.74, 6) is 0. The van der Waals surface area contributed by atoms with E-state index in [9.17, 15) is 0 Å². The van der Waals surface area contributed by atoms with E-state index in [2.05, 4.69) is 42.7 Å². The third-order valence-electron chi connectivity index (χ3n) is 4.99. The lowest BCUT2D eigenvalue weighted by atomic mass is 9.60. The average Bonchev–Trinajstić information content (AvgIpc) is 2.34. The first-order chi connectivity index (χ1) is 8.69. The molecule has 2 aliphatic rings. The van der Waals surface area contributed by atoms with E-state index in [1.807, 2.05) is 0 Å². The summed E-state index contributed by atoms with van der Waals surface area (Å²) >= 11 is 0. The first-order valence-corrected chi connectivity index (χ1v) is 7.22. The maximum atomic E-state index is 3.74. The largest absolute Gasteiger partial charge is 0.382 e. The van der Waals surface area contributed by atoms with Crippen LogP contribution in [0.4, 0.5) is 5.69 Å². The van der Waals surface area contributed by atoms with Gasteiger partial charge in [-0.1, -0.05) is 12.1 Å². The first kappa shape index (κ1) is 12.0. The van der Waals surface area contributed by atoms with Crippen LogP contribution in [0, 0.1) is 19.3 Å². The molecule has 98 valence electrons. The van der Waals surface area contributed by atoms with E-state index in [0.29, 0.717) is 11.5 Å². The number of hydrogen-bond acceptors (Lipinski definition) is 2. The van der Waals surface area contributed by atoms with Crippen LogP contribution < -0.4 is 10.6 Å². The lowest BCUT2D eigenvalue weighted by Crippen LogP contribution is -2.50. The molecule has 1 saturated heterocycles. The highest BCUT2D eigenvalue weighted by molar-refractivity contribution is 5.54. The predicted octanol–water partition coefficient (Wildman–Crippen LogP) is 3.25. The van der Waals surface area contributed by atoms with Crippen LogP contribution in [-0.2, 0) is 0 Å². The van der Waals surface area contributed by atoms with Crippen molar-refractivity contribution in [3.63, 3.8) is 0 Å². The summed E-state index contributed by atoms with van der Waals surface area (Å²) in [5.41, 5.74) is 4.80. The molecule has 0 radical (unpaired) electrons. The van der Waals surface area contributed by atoms with Gasteiger partial charge in [0.05, 0.1) is 0 Å². The fraction of sp³-hybridized carbons (Fsp3) is 0.625. The minimum absolute atomic E-state index is 0.667. The molecule has 0 bridgehead atoms. The van der Waals surface area contributed by atoms with Gasteiger partial charge in [-0.15, -0.1) is 0 Å². The van der Waals surface area contributed by atoms with Crippen molar-refractivity contribution in [3.05, 3.63) is 29.3 Å². The van der Waals surface area contributed by atoms with Gasteiger partial charge in [-0.2, -0.15) is 0 Å². The highest BCUT2D eigenvalue weighted by atomic mass is 15.0. The molecule has 0 aromatic heterocycles. The summed E-state index contributed by atoms with van der Waals surface area (Å²) in [5, 5.41) is 7.21. The van der Waals surface area contributed by atoms with Crippen molar-refractivity contribution in [1.82, 2.24) is 5.32 Å². The van der Waals surface area contributed by atoms with Crippen LogP contribution in [0.5, 0.6) is 0 Å². The Labute approximate surface area is 110 Å². The average molecular weight is 244 g/mol. The van der Waals surface area contributed by atoms with Gasteiger partial charge in [0.15, 0.2) is 0 Å². The van der Waals surface area contributed by atoms with Crippen LogP contribution in [-0.4, -0.2) is 19.1 Å².